The fourth-order valence-electron chi connectivity index (χ4n) is 1.79. The second kappa shape index (κ2) is 4.19. The third kappa shape index (κ3) is 2.12. The predicted molar refractivity (Wildman–Crippen MR) is 64.8 cm³/mol. The van der Waals surface area contributed by atoms with Crippen LogP contribution in [0.5, 0.6) is 0 Å². The Labute approximate surface area is 97.3 Å². The molecule has 0 radical (unpaired) electrons. The lowest BCUT2D eigenvalue weighted by Gasteiger charge is -2.05. The van der Waals surface area contributed by atoms with E-state index in [2.05, 4.69) is 15.9 Å². The van der Waals surface area contributed by atoms with Gasteiger partial charge in [-0.3, -0.25) is 4.79 Å². The number of hydrogen-bond acceptors (Lipinski definition) is 2. The quantitative estimate of drug-likeness (QED) is 0.659. The molecule has 0 amide bonds. The van der Waals surface area contributed by atoms with E-state index in [0.29, 0.717) is 11.3 Å². The summed E-state index contributed by atoms with van der Waals surface area (Å²) in [5, 5.41) is 0. The van der Waals surface area contributed by atoms with Gasteiger partial charge in [0.1, 0.15) is 0 Å². The topological polar surface area (TPSA) is 43.1 Å². The van der Waals surface area contributed by atoms with Crippen molar-refractivity contribution in [1.82, 2.24) is 0 Å². The first-order chi connectivity index (χ1) is 7.18. The number of Topliss-reactive ketones (excluding diaryl/α,β-unsaturated/α-hetero) is 1. The van der Waals surface area contributed by atoms with E-state index in [1.807, 2.05) is 12.1 Å². The second-order valence-electron chi connectivity index (χ2n) is 3.68. The fourth-order valence-corrected chi connectivity index (χ4v) is 2.17. The molecule has 0 heterocycles. The Hall–Kier alpha value is -1.09. The summed E-state index contributed by atoms with van der Waals surface area (Å²) >= 11 is 3.32. The summed E-state index contributed by atoms with van der Waals surface area (Å²) in [5.74, 6) is 0.0810. The molecule has 0 saturated carbocycles. The normalized spacial score (nSPS) is 15.1. The second-order valence-corrected chi connectivity index (χ2v) is 4.60. The Morgan fingerprint density at radius 3 is 2.80 bits per heavy atom. The Kier molecular flexibility index (Phi) is 2.91. The summed E-state index contributed by atoms with van der Waals surface area (Å²) in [5.41, 5.74) is 7.88. The molecule has 0 saturated heterocycles. The fraction of sp³-hybridized carbons (Fsp3) is 0.250. The monoisotopic (exact) mass is 265 g/mol. The molecule has 1 aromatic carbocycles. The first-order valence-electron chi connectivity index (χ1n) is 4.97. The van der Waals surface area contributed by atoms with Gasteiger partial charge < -0.3 is 5.73 Å². The van der Waals surface area contributed by atoms with Crippen LogP contribution in [0, 0.1) is 0 Å². The lowest BCUT2D eigenvalue weighted by Crippen LogP contribution is -2.05. The van der Waals surface area contributed by atoms with Crippen LogP contribution in [0.2, 0.25) is 0 Å². The summed E-state index contributed by atoms with van der Waals surface area (Å²) in [6.07, 6.45) is 4.99. The smallest absolute Gasteiger partial charge is 0.190 e. The molecule has 0 unspecified atom stereocenters. The van der Waals surface area contributed by atoms with Crippen LogP contribution in [-0.4, -0.2) is 5.78 Å². The van der Waals surface area contributed by atoms with Gasteiger partial charge in [-0.05, 0) is 43.0 Å². The van der Waals surface area contributed by atoms with Gasteiger partial charge in [-0.2, -0.15) is 0 Å². The summed E-state index contributed by atoms with van der Waals surface area (Å²) in [6, 6.07) is 5.39. The van der Waals surface area contributed by atoms with Gasteiger partial charge in [0.05, 0.1) is 0 Å². The molecule has 3 heteroatoms. The number of halogens is 1. The van der Waals surface area contributed by atoms with Crippen LogP contribution in [0.4, 0.5) is 5.69 Å². The molecule has 2 nitrogen and oxygen atoms in total. The van der Waals surface area contributed by atoms with Gasteiger partial charge in [-0.1, -0.05) is 22.0 Å². The number of anilines is 1. The van der Waals surface area contributed by atoms with E-state index >= 15 is 0 Å². The summed E-state index contributed by atoms with van der Waals surface area (Å²) in [4.78, 5) is 12.0. The molecule has 0 atom stereocenters. The number of benzene rings is 1. The van der Waals surface area contributed by atoms with E-state index in [1.54, 1.807) is 12.1 Å². The van der Waals surface area contributed by atoms with Crippen LogP contribution >= 0.6 is 15.9 Å². The highest BCUT2D eigenvalue weighted by atomic mass is 79.9. The molecule has 15 heavy (non-hydrogen) atoms. The zero-order chi connectivity index (χ0) is 10.8. The lowest BCUT2D eigenvalue weighted by atomic mass is 10.0. The van der Waals surface area contributed by atoms with Crippen molar-refractivity contribution in [1.29, 1.82) is 0 Å². The Morgan fingerprint density at radius 1 is 1.40 bits per heavy atom. The molecular weight excluding hydrogens is 254 g/mol. The van der Waals surface area contributed by atoms with Gasteiger partial charge in [0.25, 0.3) is 0 Å². The SMILES string of the molecule is Nc1cc(Br)ccc1C(=O)C1=CCCC1. The van der Waals surface area contributed by atoms with E-state index in [4.69, 9.17) is 5.73 Å². The van der Waals surface area contributed by atoms with Gasteiger partial charge >= 0.3 is 0 Å². The van der Waals surface area contributed by atoms with Crippen LogP contribution in [0.1, 0.15) is 29.6 Å². The number of carbonyl (C=O) groups is 1. The van der Waals surface area contributed by atoms with Crippen molar-refractivity contribution in [2.45, 2.75) is 19.3 Å². The zero-order valence-corrected chi connectivity index (χ0v) is 9.88. The van der Waals surface area contributed by atoms with Crippen LogP contribution in [0.3, 0.4) is 0 Å². The van der Waals surface area contributed by atoms with Gasteiger partial charge in [0, 0.05) is 15.7 Å². The van der Waals surface area contributed by atoms with Crippen molar-refractivity contribution >= 4 is 27.4 Å². The molecule has 0 spiro atoms. The average molecular weight is 266 g/mol. The first-order valence-corrected chi connectivity index (χ1v) is 5.76. The molecule has 1 aromatic rings. The van der Waals surface area contributed by atoms with E-state index < -0.39 is 0 Å². The number of nitrogen functional groups attached to an aromatic ring is 1. The largest absolute Gasteiger partial charge is 0.398 e. The summed E-state index contributed by atoms with van der Waals surface area (Å²) in [6.45, 7) is 0. The van der Waals surface area contributed by atoms with Crippen molar-refractivity contribution in [3.63, 3.8) is 0 Å². The number of nitrogens with two attached hydrogens (primary N) is 1. The van der Waals surface area contributed by atoms with Crippen LogP contribution < -0.4 is 5.73 Å². The van der Waals surface area contributed by atoms with Gasteiger partial charge in [-0.15, -0.1) is 0 Å². The molecular formula is C12H12BrNO. The Morgan fingerprint density at radius 2 is 2.20 bits per heavy atom. The van der Waals surface area contributed by atoms with Crippen molar-refractivity contribution in [3.05, 3.63) is 39.9 Å². The van der Waals surface area contributed by atoms with Crippen molar-refractivity contribution in [2.75, 3.05) is 5.73 Å². The van der Waals surface area contributed by atoms with Crippen LogP contribution in [0.25, 0.3) is 0 Å². The summed E-state index contributed by atoms with van der Waals surface area (Å²) < 4.78 is 0.900. The Balaban J connectivity index is 2.33. The molecule has 1 aliphatic carbocycles. The van der Waals surface area contributed by atoms with Crippen molar-refractivity contribution in [3.8, 4) is 0 Å². The third-order valence-corrected chi connectivity index (χ3v) is 3.08. The maximum atomic E-state index is 12.0. The predicted octanol–water partition coefficient (Wildman–Crippen LogP) is 3.32. The number of allylic oxidation sites excluding steroid dienone is 2. The lowest BCUT2D eigenvalue weighted by molar-refractivity contribution is 0.103. The molecule has 78 valence electrons. The van der Waals surface area contributed by atoms with E-state index in [9.17, 15) is 4.79 Å². The number of rotatable bonds is 2. The highest BCUT2D eigenvalue weighted by molar-refractivity contribution is 9.10. The van der Waals surface area contributed by atoms with Crippen molar-refractivity contribution < 1.29 is 4.79 Å². The number of ketones is 1. The van der Waals surface area contributed by atoms with Crippen molar-refractivity contribution in [2.24, 2.45) is 0 Å². The minimum absolute atomic E-state index is 0.0810. The molecule has 0 aliphatic heterocycles. The minimum Gasteiger partial charge on any atom is -0.398 e. The standard InChI is InChI=1S/C12H12BrNO/c13-9-5-6-10(11(14)7-9)12(15)8-3-1-2-4-8/h3,5-7H,1-2,4,14H2. The molecule has 1 aliphatic rings. The molecule has 2 N–H and O–H groups in total. The van der Waals surface area contributed by atoms with Gasteiger partial charge in [-0.25, -0.2) is 0 Å². The Bertz CT molecular complexity index is 437. The van der Waals surface area contributed by atoms with E-state index in [0.717, 1.165) is 29.3 Å². The zero-order valence-electron chi connectivity index (χ0n) is 8.29. The number of hydrogen-bond donors (Lipinski definition) is 1. The third-order valence-electron chi connectivity index (χ3n) is 2.59. The average Bonchev–Trinajstić information content (AvgIpc) is 2.69. The minimum atomic E-state index is 0.0810. The molecule has 0 fully saturated rings. The molecule has 0 bridgehead atoms. The van der Waals surface area contributed by atoms with Gasteiger partial charge in [0.2, 0.25) is 0 Å². The maximum absolute atomic E-state index is 12.0. The summed E-state index contributed by atoms with van der Waals surface area (Å²) in [7, 11) is 0. The molecule has 2 rings (SSSR count). The molecule has 0 aromatic heterocycles. The van der Waals surface area contributed by atoms with Crippen LogP contribution in [-0.2, 0) is 0 Å². The first kappa shape index (κ1) is 10.4. The maximum Gasteiger partial charge on any atom is 0.190 e. The van der Waals surface area contributed by atoms with Gasteiger partial charge in [0.15, 0.2) is 5.78 Å². The van der Waals surface area contributed by atoms with Crippen LogP contribution in [0.15, 0.2) is 34.3 Å². The van der Waals surface area contributed by atoms with E-state index in [-0.39, 0.29) is 5.78 Å². The highest BCUT2D eigenvalue weighted by Gasteiger charge is 2.17. The highest BCUT2D eigenvalue weighted by Crippen LogP contribution is 2.26. The van der Waals surface area contributed by atoms with E-state index in [1.165, 1.54) is 0 Å². The number of carbonyl (C=O) groups excluding carboxylic acids is 1.